The Bertz CT molecular complexity index is 980. The molecule has 6 nitrogen and oxygen atoms in total. The summed E-state index contributed by atoms with van der Waals surface area (Å²) >= 11 is 0. The van der Waals surface area contributed by atoms with Crippen molar-refractivity contribution in [2.75, 3.05) is 19.8 Å². The summed E-state index contributed by atoms with van der Waals surface area (Å²) < 4.78 is 5.73. The molecule has 0 aliphatic carbocycles. The average Bonchev–Trinajstić information content (AvgIpc) is 3.16. The van der Waals surface area contributed by atoms with Crippen molar-refractivity contribution in [2.24, 2.45) is 0 Å². The number of hydrogen-bond donors (Lipinski definition) is 2. The van der Waals surface area contributed by atoms with Crippen molar-refractivity contribution < 1.29 is 14.6 Å². The van der Waals surface area contributed by atoms with Crippen LogP contribution in [-0.2, 0) is 11.3 Å². The molecule has 2 N–H and O–H groups in total. The summed E-state index contributed by atoms with van der Waals surface area (Å²) in [5.41, 5.74) is 4.52. The van der Waals surface area contributed by atoms with Crippen LogP contribution in [0.1, 0.15) is 40.0 Å². The van der Waals surface area contributed by atoms with Crippen LogP contribution in [0.4, 0.5) is 0 Å². The summed E-state index contributed by atoms with van der Waals surface area (Å²) in [6, 6.07) is 9.53. The number of benzene rings is 1. The first-order chi connectivity index (χ1) is 13.6. The van der Waals surface area contributed by atoms with Gasteiger partial charge in [0.15, 0.2) is 0 Å². The SMILES string of the molecule is Cc1ccc(C(=O)N2CCOC[C@@H]2C(C)c2c[nH]c3ccc(CO)cc23)cn1. The van der Waals surface area contributed by atoms with E-state index >= 15 is 0 Å². The van der Waals surface area contributed by atoms with Gasteiger partial charge in [0, 0.05) is 41.5 Å². The van der Waals surface area contributed by atoms with E-state index in [-0.39, 0.29) is 24.5 Å². The fourth-order valence-corrected chi connectivity index (χ4v) is 3.92. The predicted octanol–water partition coefficient (Wildman–Crippen LogP) is 3.01. The van der Waals surface area contributed by atoms with Gasteiger partial charge >= 0.3 is 0 Å². The van der Waals surface area contributed by atoms with Gasteiger partial charge < -0.3 is 19.7 Å². The third kappa shape index (κ3) is 3.41. The summed E-state index contributed by atoms with van der Waals surface area (Å²) in [6.45, 7) is 5.64. The van der Waals surface area contributed by atoms with Crippen LogP contribution < -0.4 is 0 Å². The fraction of sp³-hybridized carbons (Fsp3) is 0.364. The van der Waals surface area contributed by atoms with Gasteiger partial charge in [-0.05, 0) is 42.3 Å². The Hall–Kier alpha value is -2.70. The summed E-state index contributed by atoms with van der Waals surface area (Å²) in [6.07, 6.45) is 3.65. The van der Waals surface area contributed by atoms with E-state index in [1.165, 1.54) is 0 Å². The summed E-state index contributed by atoms with van der Waals surface area (Å²) in [5, 5.41) is 10.6. The fourth-order valence-electron chi connectivity index (χ4n) is 3.92. The molecule has 146 valence electrons. The number of carbonyl (C=O) groups excluding carboxylic acids is 1. The van der Waals surface area contributed by atoms with Crippen molar-refractivity contribution >= 4 is 16.8 Å². The minimum atomic E-state index is -0.0701. The van der Waals surface area contributed by atoms with Gasteiger partial charge in [-0.15, -0.1) is 0 Å². The second-order valence-corrected chi connectivity index (χ2v) is 7.40. The number of fused-ring (bicyclic) bond motifs is 1. The maximum Gasteiger partial charge on any atom is 0.255 e. The van der Waals surface area contributed by atoms with Crippen molar-refractivity contribution in [1.29, 1.82) is 0 Å². The Morgan fingerprint density at radius 3 is 3.00 bits per heavy atom. The largest absolute Gasteiger partial charge is 0.392 e. The molecule has 28 heavy (non-hydrogen) atoms. The van der Waals surface area contributed by atoms with Gasteiger partial charge in [-0.25, -0.2) is 0 Å². The highest BCUT2D eigenvalue weighted by Crippen LogP contribution is 2.32. The molecule has 6 heteroatoms. The van der Waals surface area contributed by atoms with E-state index < -0.39 is 0 Å². The lowest BCUT2D eigenvalue weighted by atomic mass is 9.90. The zero-order valence-electron chi connectivity index (χ0n) is 16.2. The Balaban J connectivity index is 1.65. The topological polar surface area (TPSA) is 78.5 Å². The number of aliphatic hydroxyl groups excluding tert-OH is 1. The minimum Gasteiger partial charge on any atom is -0.392 e. The van der Waals surface area contributed by atoms with Crippen LogP contribution >= 0.6 is 0 Å². The number of morpholine rings is 1. The lowest BCUT2D eigenvalue weighted by molar-refractivity contribution is -0.00831. The maximum atomic E-state index is 13.1. The second kappa shape index (κ2) is 7.73. The Kier molecular flexibility index (Phi) is 5.15. The van der Waals surface area contributed by atoms with Crippen molar-refractivity contribution in [3.8, 4) is 0 Å². The molecule has 4 rings (SSSR count). The number of aliphatic hydroxyl groups is 1. The van der Waals surface area contributed by atoms with Gasteiger partial charge in [-0.3, -0.25) is 9.78 Å². The molecule has 1 unspecified atom stereocenters. The smallest absolute Gasteiger partial charge is 0.255 e. The third-order valence-corrected chi connectivity index (χ3v) is 5.61. The van der Waals surface area contributed by atoms with Crippen LogP contribution in [-0.4, -0.2) is 51.7 Å². The number of aromatic amines is 1. The van der Waals surface area contributed by atoms with E-state index in [1.807, 2.05) is 48.4 Å². The monoisotopic (exact) mass is 379 g/mol. The third-order valence-electron chi connectivity index (χ3n) is 5.61. The number of hydrogen-bond acceptors (Lipinski definition) is 4. The van der Waals surface area contributed by atoms with Gasteiger partial charge in [0.05, 0.1) is 31.4 Å². The lowest BCUT2D eigenvalue weighted by Gasteiger charge is -2.39. The molecule has 2 atom stereocenters. The molecular weight excluding hydrogens is 354 g/mol. The van der Waals surface area contributed by atoms with Crippen LogP contribution in [0.2, 0.25) is 0 Å². The number of aromatic nitrogens is 2. The zero-order valence-corrected chi connectivity index (χ0v) is 16.2. The highest BCUT2D eigenvalue weighted by Gasteiger charge is 2.33. The van der Waals surface area contributed by atoms with Crippen molar-refractivity contribution in [3.63, 3.8) is 0 Å². The first-order valence-electron chi connectivity index (χ1n) is 9.60. The van der Waals surface area contributed by atoms with E-state index in [0.29, 0.717) is 25.3 Å². The van der Waals surface area contributed by atoms with E-state index in [0.717, 1.165) is 27.7 Å². The molecule has 3 aromatic rings. The highest BCUT2D eigenvalue weighted by atomic mass is 16.5. The van der Waals surface area contributed by atoms with Gasteiger partial charge in [0.2, 0.25) is 0 Å². The molecule has 1 saturated heterocycles. The van der Waals surface area contributed by atoms with Crippen molar-refractivity contribution in [3.05, 3.63) is 65.1 Å². The molecule has 0 spiro atoms. The van der Waals surface area contributed by atoms with Gasteiger partial charge in [0.1, 0.15) is 0 Å². The number of aryl methyl sites for hydroxylation is 1. The molecule has 0 bridgehead atoms. The van der Waals surface area contributed by atoms with E-state index in [9.17, 15) is 9.90 Å². The van der Waals surface area contributed by atoms with Crippen LogP contribution in [0.5, 0.6) is 0 Å². The van der Waals surface area contributed by atoms with E-state index in [2.05, 4.69) is 16.9 Å². The normalized spacial score (nSPS) is 18.4. The lowest BCUT2D eigenvalue weighted by Crippen LogP contribution is -2.51. The highest BCUT2D eigenvalue weighted by molar-refractivity contribution is 5.94. The van der Waals surface area contributed by atoms with Crippen molar-refractivity contribution in [2.45, 2.75) is 32.4 Å². The summed E-state index contributed by atoms with van der Waals surface area (Å²) in [5.74, 6) is 0.0638. The molecule has 0 saturated carbocycles. The number of carbonyl (C=O) groups is 1. The molecule has 2 aromatic heterocycles. The molecular formula is C22H25N3O3. The number of nitrogens with one attached hydrogen (secondary N) is 1. The first-order valence-corrected chi connectivity index (χ1v) is 9.60. The zero-order chi connectivity index (χ0) is 19.7. The average molecular weight is 379 g/mol. The predicted molar refractivity (Wildman–Crippen MR) is 107 cm³/mol. The van der Waals surface area contributed by atoms with E-state index in [4.69, 9.17) is 4.74 Å². The number of pyridine rings is 1. The van der Waals surface area contributed by atoms with Gasteiger partial charge in [-0.2, -0.15) is 0 Å². The second-order valence-electron chi connectivity index (χ2n) is 7.40. The van der Waals surface area contributed by atoms with Gasteiger partial charge in [0.25, 0.3) is 5.91 Å². The van der Waals surface area contributed by atoms with Crippen molar-refractivity contribution in [1.82, 2.24) is 14.9 Å². The van der Waals surface area contributed by atoms with E-state index in [1.54, 1.807) is 6.20 Å². The molecule has 1 amide bonds. The van der Waals surface area contributed by atoms with Crippen LogP contribution in [0.15, 0.2) is 42.7 Å². The number of H-pyrrole nitrogens is 1. The molecule has 1 fully saturated rings. The minimum absolute atomic E-state index is 0.00646. The molecule has 0 radical (unpaired) electrons. The summed E-state index contributed by atoms with van der Waals surface area (Å²) in [4.78, 5) is 22.6. The van der Waals surface area contributed by atoms with Crippen LogP contribution in [0.25, 0.3) is 10.9 Å². The van der Waals surface area contributed by atoms with Gasteiger partial charge in [-0.1, -0.05) is 13.0 Å². The number of rotatable bonds is 4. The Morgan fingerprint density at radius 2 is 2.25 bits per heavy atom. The number of ether oxygens (including phenoxy) is 1. The van der Waals surface area contributed by atoms with Crippen LogP contribution in [0, 0.1) is 6.92 Å². The molecule has 1 aliphatic heterocycles. The molecule has 1 aromatic carbocycles. The molecule has 1 aliphatic rings. The Labute approximate surface area is 164 Å². The maximum absolute atomic E-state index is 13.1. The number of amides is 1. The van der Waals surface area contributed by atoms with Crippen LogP contribution in [0.3, 0.4) is 0 Å². The quantitative estimate of drug-likeness (QED) is 0.730. The Morgan fingerprint density at radius 1 is 1.39 bits per heavy atom. The first kappa shape index (κ1) is 18.7. The number of nitrogens with zero attached hydrogens (tertiary/aromatic N) is 2. The summed E-state index contributed by atoms with van der Waals surface area (Å²) in [7, 11) is 0. The molecule has 3 heterocycles. The standard InChI is InChI=1S/C22H25N3O3/c1-14-3-5-17(10-23-14)22(27)25-7-8-28-13-21(25)15(2)19-11-24-20-6-4-16(12-26)9-18(19)20/h3-6,9-11,15,21,24,26H,7-8,12-13H2,1-2H3/t15?,21-/m1/s1.